The molecule has 0 spiro atoms. The van der Waals surface area contributed by atoms with Crippen LogP contribution in [0.1, 0.15) is 31.7 Å². The third-order valence-electron chi connectivity index (χ3n) is 3.21. The lowest BCUT2D eigenvalue weighted by molar-refractivity contribution is 0.512. The van der Waals surface area contributed by atoms with Gasteiger partial charge < -0.3 is 5.32 Å². The molecule has 1 atom stereocenters. The van der Waals surface area contributed by atoms with Crippen LogP contribution >= 0.6 is 27.7 Å². The molecule has 0 saturated carbocycles. The molecule has 0 saturated heterocycles. The Kier molecular flexibility index (Phi) is 7.34. The number of hydrogen-bond donors (Lipinski definition) is 1. The van der Waals surface area contributed by atoms with Crippen LogP contribution < -0.4 is 5.32 Å². The van der Waals surface area contributed by atoms with Crippen LogP contribution in [0, 0.1) is 0 Å². The van der Waals surface area contributed by atoms with Crippen LogP contribution in [0.5, 0.6) is 0 Å². The van der Waals surface area contributed by atoms with Crippen molar-refractivity contribution in [1.29, 1.82) is 0 Å². The zero-order valence-electron chi connectivity index (χ0n) is 11.8. The number of thioether (sulfide) groups is 1. The van der Waals surface area contributed by atoms with Gasteiger partial charge in [-0.1, -0.05) is 6.92 Å². The predicted octanol–water partition coefficient (Wildman–Crippen LogP) is 3.11. The van der Waals surface area contributed by atoms with Crippen molar-refractivity contribution >= 4 is 27.7 Å². The Bertz CT molecular complexity index is 365. The molecule has 0 amide bonds. The number of aryl methyl sites for hydroxylation is 2. The van der Waals surface area contributed by atoms with E-state index in [0.717, 1.165) is 19.4 Å². The molecule has 1 rings (SSSR count). The van der Waals surface area contributed by atoms with Gasteiger partial charge in [-0.15, -0.1) is 0 Å². The Morgan fingerprint density at radius 1 is 1.44 bits per heavy atom. The first-order valence-electron chi connectivity index (χ1n) is 6.58. The molecule has 0 bridgehead atoms. The highest BCUT2D eigenvalue weighted by molar-refractivity contribution is 9.10. The van der Waals surface area contributed by atoms with Crippen molar-refractivity contribution in [2.45, 2.75) is 45.7 Å². The monoisotopic (exact) mass is 333 g/mol. The molecular weight excluding hydrogens is 310 g/mol. The van der Waals surface area contributed by atoms with E-state index in [0.29, 0.717) is 6.04 Å². The van der Waals surface area contributed by atoms with Gasteiger partial charge in [0.05, 0.1) is 15.9 Å². The smallest absolute Gasteiger partial charge is 0.0766 e. The molecular formula is C13H24BrN3S. The summed E-state index contributed by atoms with van der Waals surface area (Å²) >= 11 is 5.62. The number of halogens is 1. The Morgan fingerprint density at radius 2 is 2.17 bits per heavy atom. The molecule has 104 valence electrons. The third-order valence-corrected chi connectivity index (χ3v) is 4.77. The van der Waals surface area contributed by atoms with E-state index >= 15 is 0 Å². The molecule has 1 heterocycles. The normalized spacial score (nSPS) is 12.9. The van der Waals surface area contributed by atoms with Gasteiger partial charge in [0, 0.05) is 19.0 Å². The summed E-state index contributed by atoms with van der Waals surface area (Å²) in [6.07, 6.45) is 5.38. The van der Waals surface area contributed by atoms with E-state index < -0.39 is 0 Å². The first-order valence-corrected chi connectivity index (χ1v) is 8.76. The minimum Gasteiger partial charge on any atom is -0.317 e. The van der Waals surface area contributed by atoms with Crippen LogP contribution in [0.25, 0.3) is 0 Å². The second-order valence-electron chi connectivity index (χ2n) is 4.35. The standard InChI is InChI=1S/C13H24BrN3S/c1-5-11-13(14)12(17(6-2)16-11)9-10(15-3)7-8-18-4/h10,15H,5-9H2,1-4H3. The SMILES string of the molecule is CCc1nn(CC)c(CC(CCSC)NC)c1Br. The van der Waals surface area contributed by atoms with Crippen molar-refractivity contribution in [2.24, 2.45) is 0 Å². The van der Waals surface area contributed by atoms with Crippen LogP contribution in [0.4, 0.5) is 0 Å². The maximum Gasteiger partial charge on any atom is 0.0766 e. The molecule has 0 aliphatic heterocycles. The highest BCUT2D eigenvalue weighted by Crippen LogP contribution is 2.24. The van der Waals surface area contributed by atoms with Crippen molar-refractivity contribution in [3.05, 3.63) is 15.9 Å². The molecule has 1 N–H and O–H groups in total. The van der Waals surface area contributed by atoms with Crippen LogP contribution in [-0.4, -0.2) is 34.9 Å². The lowest BCUT2D eigenvalue weighted by Gasteiger charge is -2.16. The molecule has 0 aliphatic carbocycles. The zero-order valence-corrected chi connectivity index (χ0v) is 14.2. The van der Waals surface area contributed by atoms with E-state index in [4.69, 9.17) is 0 Å². The fourth-order valence-electron chi connectivity index (χ4n) is 2.05. The average molecular weight is 334 g/mol. The third kappa shape index (κ3) is 4.00. The number of rotatable bonds is 8. The summed E-state index contributed by atoms with van der Waals surface area (Å²) in [5.74, 6) is 1.20. The van der Waals surface area contributed by atoms with Gasteiger partial charge in [-0.2, -0.15) is 16.9 Å². The molecule has 0 fully saturated rings. The molecule has 0 radical (unpaired) electrons. The zero-order chi connectivity index (χ0) is 13.5. The van der Waals surface area contributed by atoms with E-state index in [1.807, 2.05) is 18.8 Å². The molecule has 1 aromatic heterocycles. The van der Waals surface area contributed by atoms with Crippen molar-refractivity contribution < 1.29 is 0 Å². The number of nitrogens with zero attached hydrogens (tertiary/aromatic N) is 2. The second-order valence-corrected chi connectivity index (χ2v) is 6.13. The van der Waals surface area contributed by atoms with Gasteiger partial charge in [-0.3, -0.25) is 4.68 Å². The number of hydrogen-bond acceptors (Lipinski definition) is 3. The van der Waals surface area contributed by atoms with E-state index in [2.05, 4.69) is 51.1 Å². The lowest BCUT2D eigenvalue weighted by Crippen LogP contribution is -2.29. The average Bonchev–Trinajstić information content (AvgIpc) is 2.70. The summed E-state index contributed by atoms with van der Waals surface area (Å²) in [6, 6.07) is 0.528. The van der Waals surface area contributed by atoms with Crippen molar-refractivity contribution in [1.82, 2.24) is 15.1 Å². The van der Waals surface area contributed by atoms with Crippen LogP contribution in [0.3, 0.4) is 0 Å². The quantitative estimate of drug-likeness (QED) is 0.792. The summed E-state index contributed by atoms with van der Waals surface area (Å²) in [4.78, 5) is 0. The fraction of sp³-hybridized carbons (Fsp3) is 0.769. The molecule has 5 heteroatoms. The summed E-state index contributed by atoms with van der Waals surface area (Å²) in [5.41, 5.74) is 2.50. The molecule has 18 heavy (non-hydrogen) atoms. The van der Waals surface area contributed by atoms with Gasteiger partial charge >= 0.3 is 0 Å². The molecule has 1 aromatic rings. The number of likely N-dealkylation sites (N-methyl/N-ethyl adjacent to an activating group) is 1. The molecule has 3 nitrogen and oxygen atoms in total. The largest absolute Gasteiger partial charge is 0.317 e. The first kappa shape index (κ1) is 16.1. The van der Waals surface area contributed by atoms with E-state index in [9.17, 15) is 0 Å². The maximum absolute atomic E-state index is 4.65. The minimum atomic E-state index is 0.528. The van der Waals surface area contributed by atoms with Gasteiger partial charge in [-0.05, 0) is 54.8 Å². The number of nitrogens with one attached hydrogen (secondary N) is 1. The van der Waals surface area contributed by atoms with Crippen molar-refractivity contribution in [2.75, 3.05) is 19.1 Å². The topological polar surface area (TPSA) is 29.9 Å². The predicted molar refractivity (Wildman–Crippen MR) is 84.5 cm³/mol. The second kappa shape index (κ2) is 8.23. The maximum atomic E-state index is 4.65. The summed E-state index contributed by atoms with van der Waals surface area (Å²) in [7, 11) is 2.05. The molecule has 0 aliphatic rings. The summed E-state index contributed by atoms with van der Waals surface area (Å²) < 4.78 is 3.34. The van der Waals surface area contributed by atoms with E-state index in [-0.39, 0.29) is 0 Å². The Hall–Kier alpha value is -0.0000000000000000555. The van der Waals surface area contributed by atoms with Gasteiger partial charge in [0.1, 0.15) is 0 Å². The summed E-state index contributed by atoms with van der Waals surface area (Å²) in [5, 5.41) is 8.07. The van der Waals surface area contributed by atoms with E-state index in [1.165, 1.54) is 28.0 Å². The Labute approximate surface area is 123 Å². The number of aromatic nitrogens is 2. The first-order chi connectivity index (χ1) is 8.67. The van der Waals surface area contributed by atoms with Gasteiger partial charge in [-0.25, -0.2) is 0 Å². The highest BCUT2D eigenvalue weighted by Gasteiger charge is 2.17. The van der Waals surface area contributed by atoms with Gasteiger partial charge in [0.25, 0.3) is 0 Å². The fourth-order valence-corrected chi connectivity index (χ4v) is 3.30. The van der Waals surface area contributed by atoms with Gasteiger partial charge in [0.2, 0.25) is 0 Å². The highest BCUT2D eigenvalue weighted by atomic mass is 79.9. The van der Waals surface area contributed by atoms with Crippen LogP contribution in [0.2, 0.25) is 0 Å². The van der Waals surface area contributed by atoms with Crippen molar-refractivity contribution in [3.8, 4) is 0 Å². The Balaban J connectivity index is 2.83. The van der Waals surface area contributed by atoms with E-state index in [1.54, 1.807) is 0 Å². The summed E-state index contributed by atoms with van der Waals surface area (Å²) in [6.45, 7) is 5.24. The lowest BCUT2D eigenvalue weighted by atomic mass is 10.1. The van der Waals surface area contributed by atoms with Crippen LogP contribution in [0.15, 0.2) is 4.47 Å². The van der Waals surface area contributed by atoms with Crippen LogP contribution in [-0.2, 0) is 19.4 Å². The minimum absolute atomic E-state index is 0.528. The van der Waals surface area contributed by atoms with Crippen molar-refractivity contribution in [3.63, 3.8) is 0 Å². The van der Waals surface area contributed by atoms with Gasteiger partial charge in [0.15, 0.2) is 0 Å². The molecule has 1 unspecified atom stereocenters. The Morgan fingerprint density at radius 3 is 2.67 bits per heavy atom. The molecule has 0 aromatic carbocycles.